The molecule has 0 fully saturated rings. The van der Waals surface area contributed by atoms with Crippen molar-refractivity contribution in [3.05, 3.63) is 34.9 Å². The van der Waals surface area contributed by atoms with Crippen molar-refractivity contribution in [2.45, 2.75) is 6.92 Å². The number of furan rings is 1. The zero-order valence-corrected chi connectivity index (χ0v) is 8.38. The van der Waals surface area contributed by atoms with Crippen LogP contribution in [0.4, 0.5) is 4.39 Å². The first kappa shape index (κ1) is 11.2. The summed E-state index contributed by atoms with van der Waals surface area (Å²) in [5.74, 6) is -1.24. The minimum Gasteiger partial charge on any atom is -0.460 e. The van der Waals surface area contributed by atoms with E-state index in [0.29, 0.717) is 5.22 Å². The molecule has 15 heavy (non-hydrogen) atoms. The number of allylic oxidation sites excluding steroid dienone is 1. The third kappa shape index (κ3) is 2.80. The van der Waals surface area contributed by atoms with Crippen LogP contribution in [0.15, 0.2) is 22.9 Å². The van der Waals surface area contributed by atoms with Gasteiger partial charge < -0.3 is 9.15 Å². The molecule has 0 bridgehead atoms. The largest absolute Gasteiger partial charge is 0.460 e. The van der Waals surface area contributed by atoms with E-state index >= 15 is 0 Å². The fraction of sp³-hybridized carbons (Fsp3) is 0.182. The van der Waals surface area contributed by atoms with Crippen molar-refractivity contribution in [2.24, 2.45) is 0 Å². The number of rotatable bonds is 3. The smallest absolute Gasteiger partial charge is 0.374 e. The van der Waals surface area contributed by atoms with Crippen LogP contribution in [0.25, 0.3) is 12.7 Å². The number of ether oxygens (including phenoxy) is 1. The topological polar surface area (TPSA) is 39.4 Å². The number of carbonyl (C=O) groups excluding carboxylic acids is 1. The van der Waals surface area contributed by atoms with Gasteiger partial charge in [0, 0.05) is 11.3 Å². The molecule has 0 atom stereocenters. The highest BCUT2D eigenvalue weighted by Gasteiger charge is 2.10. The summed E-state index contributed by atoms with van der Waals surface area (Å²) >= 11 is 0. The van der Waals surface area contributed by atoms with Gasteiger partial charge in [-0.15, -0.1) is 0 Å². The summed E-state index contributed by atoms with van der Waals surface area (Å²) in [6.07, 6.45) is 1.06. The lowest BCUT2D eigenvalue weighted by atomic mass is 10.4. The Hall–Kier alpha value is -1.84. The Bertz CT molecular complexity index is 484. The van der Waals surface area contributed by atoms with E-state index in [1.165, 1.54) is 6.07 Å². The first-order valence-electron chi connectivity index (χ1n) is 4.36. The number of carbonyl (C=O) groups is 1. The average Bonchev–Trinajstić information content (AvgIpc) is 2.47. The Labute approximate surface area is 86.2 Å². The van der Waals surface area contributed by atoms with Gasteiger partial charge >= 0.3 is 5.97 Å². The van der Waals surface area contributed by atoms with Gasteiger partial charge in [0.05, 0.1) is 6.61 Å². The van der Waals surface area contributed by atoms with Crippen LogP contribution in [-0.4, -0.2) is 12.6 Å². The van der Waals surface area contributed by atoms with Gasteiger partial charge in [-0.3, -0.25) is 0 Å². The van der Waals surface area contributed by atoms with Gasteiger partial charge in [-0.1, -0.05) is 13.2 Å². The average molecular weight is 210 g/mol. The summed E-state index contributed by atoms with van der Waals surface area (Å²) in [6, 6.07) is 1.40. The van der Waals surface area contributed by atoms with Crippen LogP contribution in [0.2, 0.25) is 0 Å². The summed E-state index contributed by atoms with van der Waals surface area (Å²) in [5, 5.41) is 0.414. The predicted molar refractivity (Wildman–Crippen MR) is 54.1 cm³/mol. The van der Waals surface area contributed by atoms with Crippen molar-refractivity contribution in [3.63, 3.8) is 0 Å². The van der Waals surface area contributed by atoms with Crippen LogP contribution in [0.3, 0.4) is 0 Å². The molecule has 0 saturated carbocycles. The van der Waals surface area contributed by atoms with Crippen LogP contribution in [0.5, 0.6) is 0 Å². The molecular formula is C11H11FO3. The Balaban J connectivity index is 3.12. The van der Waals surface area contributed by atoms with Crippen LogP contribution < -0.4 is 10.6 Å². The molecule has 0 aliphatic rings. The second kappa shape index (κ2) is 4.59. The normalized spacial score (nSPS) is 11.5. The predicted octanol–water partition coefficient (Wildman–Crippen LogP) is 1.13. The Kier molecular flexibility index (Phi) is 3.44. The SMILES string of the molecule is C=C(F)C=c1oc(C(=O)OCC)cc1=C. The Morgan fingerprint density at radius 2 is 2.40 bits per heavy atom. The monoisotopic (exact) mass is 210 g/mol. The highest BCUT2D eigenvalue weighted by molar-refractivity contribution is 5.86. The van der Waals surface area contributed by atoms with Gasteiger partial charge in [-0.2, -0.15) is 0 Å². The molecule has 0 aliphatic carbocycles. The lowest BCUT2D eigenvalue weighted by Gasteiger charge is -1.95. The summed E-state index contributed by atoms with van der Waals surface area (Å²) in [6.45, 7) is 8.59. The minimum absolute atomic E-state index is 0.00866. The maximum absolute atomic E-state index is 12.5. The molecule has 0 amide bonds. The van der Waals surface area contributed by atoms with Crippen LogP contribution in [-0.2, 0) is 4.74 Å². The van der Waals surface area contributed by atoms with Crippen LogP contribution in [0, 0.1) is 0 Å². The molecule has 0 aliphatic heterocycles. The van der Waals surface area contributed by atoms with Crippen molar-refractivity contribution >= 4 is 18.6 Å². The van der Waals surface area contributed by atoms with E-state index in [1.54, 1.807) is 6.92 Å². The molecule has 1 aromatic heterocycles. The zero-order chi connectivity index (χ0) is 11.4. The third-order valence-corrected chi connectivity index (χ3v) is 1.61. The first-order chi connectivity index (χ1) is 7.04. The molecule has 80 valence electrons. The fourth-order valence-corrected chi connectivity index (χ4v) is 1.01. The van der Waals surface area contributed by atoms with Crippen LogP contribution in [0.1, 0.15) is 17.5 Å². The van der Waals surface area contributed by atoms with E-state index in [-0.39, 0.29) is 17.8 Å². The minimum atomic E-state index is -0.662. The Morgan fingerprint density at radius 1 is 1.73 bits per heavy atom. The molecule has 0 saturated heterocycles. The summed E-state index contributed by atoms with van der Waals surface area (Å²) in [7, 11) is 0. The van der Waals surface area contributed by atoms with E-state index < -0.39 is 11.8 Å². The number of halogens is 1. The summed E-state index contributed by atoms with van der Waals surface area (Å²) in [5.41, 5.74) is 0.172. The first-order valence-corrected chi connectivity index (χ1v) is 4.36. The second-order valence-electron chi connectivity index (χ2n) is 2.81. The molecule has 0 unspecified atom stereocenters. The molecule has 3 nitrogen and oxygen atoms in total. The van der Waals surface area contributed by atoms with Gasteiger partial charge in [0.1, 0.15) is 11.2 Å². The van der Waals surface area contributed by atoms with Gasteiger partial charge in [0.25, 0.3) is 0 Å². The highest BCUT2D eigenvalue weighted by Crippen LogP contribution is 1.97. The molecule has 1 rings (SSSR count). The maximum Gasteiger partial charge on any atom is 0.374 e. The standard InChI is InChI=1S/C11H11FO3/c1-4-14-11(13)10-5-7(2)9(15-10)6-8(3)12/h5-6H,2-4H2,1H3. The quantitative estimate of drug-likeness (QED) is 0.702. The number of hydrogen-bond acceptors (Lipinski definition) is 3. The molecule has 0 N–H and O–H groups in total. The molecular weight excluding hydrogens is 199 g/mol. The third-order valence-electron chi connectivity index (χ3n) is 1.61. The summed E-state index contributed by atoms with van der Waals surface area (Å²) < 4.78 is 22.2. The molecule has 0 spiro atoms. The Morgan fingerprint density at radius 3 is 2.93 bits per heavy atom. The van der Waals surface area contributed by atoms with Crippen molar-refractivity contribution in [3.8, 4) is 0 Å². The molecule has 1 aromatic rings. The van der Waals surface area contributed by atoms with Crippen LogP contribution >= 0.6 is 0 Å². The van der Waals surface area contributed by atoms with E-state index in [2.05, 4.69) is 13.2 Å². The van der Waals surface area contributed by atoms with E-state index in [4.69, 9.17) is 9.15 Å². The van der Waals surface area contributed by atoms with Gasteiger partial charge in [-0.25, -0.2) is 9.18 Å². The number of esters is 1. The lowest BCUT2D eigenvalue weighted by molar-refractivity contribution is 0.0488. The van der Waals surface area contributed by atoms with E-state index in [9.17, 15) is 9.18 Å². The molecule has 1 heterocycles. The van der Waals surface area contributed by atoms with E-state index in [0.717, 1.165) is 6.08 Å². The van der Waals surface area contributed by atoms with Gasteiger partial charge in [-0.05, 0) is 13.0 Å². The van der Waals surface area contributed by atoms with Crippen molar-refractivity contribution in [1.29, 1.82) is 0 Å². The molecule has 0 aromatic carbocycles. The van der Waals surface area contributed by atoms with E-state index in [1.807, 2.05) is 0 Å². The van der Waals surface area contributed by atoms with Crippen molar-refractivity contribution < 1.29 is 18.3 Å². The van der Waals surface area contributed by atoms with Gasteiger partial charge in [0.15, 0.2) is 0 Å². The lowest BCUT2D eigenvalue weighted by Crippen LogP contribution is -2.16. The van der Waals surface area contributed by atoms with Crippen molar-refractivity contribution in [2.75, 3.05) is 6.61 Å². The number of hydrogen-bond donors (Lipinski definition) is 0. The molecule has 4 heteroatoms. The highest BCUT2D eigenvalue weighted by atomic mass is 19.1. The fourth-order valence-electron chi connectivity index (χ4n) is 1.01. The van der Waals surface area contributed by atoms with Gasteiger partial charge in [0.2, 0.25) is 5.76 Å². The second-order valence-corrected chi connectivity index (χ2v) is 2.81. The van der Waals surface area contributed by atoms with Crippen molar-refractivity contribution in [1.82, 2.24) is 0 Å². The maximum atomic E-state index is 12.5. The molecule has 0 radical (unpaired) electrons. The summed E-state index contributed by atoms with van der Waals surface area (Å²) in [4.78, 5) is 11.2. The zero-order valence-electron chi connectivity index (χ0n) is 8.38.